The number of carbonyl (C=O) groups is 1. The first-order valence-corrected chi connectivity index (χ1v) is 12.8. The van der Waals surface area contributed by atoms with Crippen molar-refractivity contribution in [3.05, 3.63) is 83.4 Å². The van der Waals surface area contributed by atoms with Crippen molar-refractivity contribution in [3.63, 3.8) is 0 Å². The Morgan fingerprint density at radius 3 is 2.26 bits per heavy atom. The fourth-order valence-corrected chi connectivity index (χ4v) is 4.78. The number of unbranched alkanes of at least 4 members (excludes halogenated alkanes) is 1. The topological polar surface area (TPSA) is 105 Å². The van der Waals surface area contributed by atoms with Crippen LogP contribution in [0, 0.1) is 0 Å². The fraction of sp³-hybridized carbons (Fsp3) is 0.185. The second-order valence-electron chi connectivity index (χ2n) is 8.23. The highest BCUT2D eigenvalue weighted by Crippen LogP contribution is 2.27. The van der Waals surface area contributed by atoms with Crippen molar-refractivity contribution in [1.29, 1.82) is 0 Å². The highest BCUT2D eigenvalue weighted by Gasteiger charge is 2.24. The van der Waals surface area contributed by atoms with E-state index < -0.39 is 16.1 Å². The molecule has 0 aliphatic rings. The first-order valence-electron chi connectivity index (χ1n) is 11.2. The monoisotopic (exact) mass is 492 g/mol. The van der Waals surface area contributed by atoms with E-state index in [1.807, 2.05) is 71.3 Å². The molecule has 0 aliphatic heterocycles. The van der Waals surface area contributed by atoms with Crippen LogP contribution in [0.25, 0.3) is 34.0 Å². The van der Waals surface area contributed by atoms with Gasteiger partial charge >= 0.3 is 5.97 Å². The van der Waals surface area contributed by atoms with Gasteiger partial charge < -0.3 is 9.84 Å². The highest BCUT2D eigenvalue weighted by molar-refractivity contribution is 7.85. The molecule has 0 saturated carbocycles. The summed E-state index contributed by atoms with van der Waals surface area (Å²) in [5.41, 5.74) is 3.61. The van der Waals surface area contributed by atoms with Gasteiger partial charge in [-0.15, -0.1) is 0 Å². The zero-order valence-corrected chi connectivity index (χ0v) is 20.0. The van der Waals surface area contributed by atoms with Gasteiger partial charge in [0.1, 0.15) is 12.3 Å². The first kappa shape index (κ1) is 24.4. The molecule has 0 aliphatic carbocycles. The molecule has 1 aromatic heterocycles. The van der Waals surface area contributed by atoms with Crippen LogP contribution < -0.4 is 9.30 Å². The Bertz CT molecular complexity index is 1530. The predicted octanol–water partition coefficient (Wildman–Crippen LogP) is 4.83. The quantitative estimate of drug-likeness (QED) is 0.114. The molecule has 0 unspecified atom stereocenters. The van der Waals surface area contributed by atoms with Crippen LogP contribution in [0.3, 0.4) is 0 Å². The summed E-state index contributed by atoms with van der Waals surface area (Å²) in [5.74, 6) is -0.547. The number of carboxylic acid groups (broad SMARTS) is 1. The lowest BCUT2D eigenvalue weighted by Gasteiger charge is -2.10. The van der Waals surface area contributed by atoms with E-state index >= 15 is 0 Å². The molecule has 0 spiro atoms. The summed E-state index contributed by atoms with van der Waals surface area (Å²) < 4.78 is 38.5. The van der Waals surface area contributed by atoms with E-state index in [0.29, 0.717) is 30.2 Å². The van der Waals surface area contributed by atoms with Crippen molar-refractivity contribution in [2.75, 3.05) is 12.9 Å². The van der Waals surface area contributed by atoms with Gasteiger partial charge in [-0.2, -0.15) is 13.0 Å². The van der Waals surface area contributed by atoms with Gasteiger partial charge in [0, 0.05) is 18.6 Å². The van der Waals surface area contributed by atoms with Crippen LogP contribution in [-0.2, 0) is 16.7 Å². The summed E-state index contributed by atoms with van der Waals surface area (Å²) in [6.45, 7) is 0.470. The zero-order valence-electron chi connectivity index (χ0n) is 19.2. The number of pyridine rings is 1. The number of rotatable bonds is 9. The third-order valence-electron chi connectivity index (χ3n) is 5.88. The SMILES string of the molecule is COc1ccc(C=Cc2ccc3c(C(=O)O)c4ccccc4[n+](CCCCS(=O)(=O)O)c3c2)cc1. The molecule has 0 amide bonds. The van der Waals surface area contributed by atoms with Crippen LogP contribution in [-0.4, -0.2) is 36.9 Å². The maximum atomic E-state index is 12.2. The number of aryl methyl sites for hydroxylation is 1. The second-order valence-corrected chi connectivity index (χ2v) is 9.80. The van der Waals surface area contributed by atoms with Gasteiger partial charge in [0.15, 0.2) is 0 Å². The van der Waals surface area contributed by atoms with Crippen molar-refractivity contribution < 1.29 is 32.2 Å². The normalized spacial score (nSPS) is 11.9. The smallest absolute Gasteiger partial charge is 0.337 e. The molecule has 1 heterocycles. The molecule has 0 bridgehead atoms. The van der Waals surface area contributed by atoms with E-state index in [-0.39, 0.29) is 11.3 Å². The number of para-hydroxylation sites is 1. The highest BCUT2D eigenvalue weighted by atomic mass is 32.2. The number of aromatic nitrogens is 1. The maximum Gasteiger partial charge on any atom is 0.337 e. The van der Waals surface area contributed by atoms with E-state index in [4.69, 9.17) is 9.29 Å². The number of methoxy groups -OCH3 is 1. The van der Waals surface area contributed by atoms with E-state index in [1.165, 1.54) is 0 Å². The lowest BCUT2D eigenvalue weighted by Crippen LogP contribution is -2.36. The standard InChI is InChI=1S/C27H25NO6S/c1-34-21-13-10-19(11-14-21)8-9-20-12-15-23-25(18-20)28(16-4-5-17-35(31,32)33)24-7-3-2-6-22(24)26(23)27(29)30/h2-3,6-15,18H,4-5,16-17H2,1H3,(H-,29,30,31,32,33)/p+1. The first-order chi connectivity index (χ1) is 16.8. The predicted molar refractivity (Wildman–Crippen MR) is 136 cm³/mol. The van der Waals surface area contributed by atoms with Gasteiger partial charge in [-0.05, 0) is 41.8 Å². The molecular formula is C27H26NO6S+. The lowest BCUT2D eigenvalue weighted by atomic mass is 10.00. The molecule has 2 N–H and O–H groups in total. The number of carboxylic acids is 1. The van der Waals surface area contributed by atoms with Crippen LogP contribution in [0.2, 0.25) is 0 Å². The third-order valence-corrected chi connectivity index (χ3v) is 6.68. The van der Waals surface area contributed by atoms with Crippen molar-refractivity contribution in [3.8, 4) is 5.75 Å². The number of benzene rings is 3. The Kier molecular flexibility index (Phi) is 7.14. The molecule has 0 atom stereocenters. The van der Waals surface area contributed by atoms with Crippen molar-refractivity contribution in [1.82, 2.24) is 0 Å². The molecule has 0 radical (unpaired) electrons. The Morgan fingerprint density at radius 1 is 0.914 bits per heavy atom. The minimum atomic E-state index is -4.03. The molecule has 35 heavy (non-hydrogen) atoms. The van der Waals surface area contributed by atoms with Gasteiger partial charge in [-0.25, -0.2) is 4.79 Å². The Balaban J connectivity index is 1.80. The average molecular weight is 493 g/mol. The van der Waals surface area contributed by atoms with E-state index in [9.17, 15) is 18.3 Å². The number of hydrogen-bond donors (Lipinski definition) is 2. The Hall–Kier alpha value is -3.75. The number of nitrogens with zero attached hydrogens (tertiary/aromatic N) is 1. The molecule has 0 saturated heterocycles. The summed E-state index contributed by atoms with van der Waals surface area (Å²) in [5, 5.41) is 11.2. The second kappa shape index (κ2) is 10.2. The number of ether oxygens (including phenoxy) is 1. The summed E-state index contributed by atoms with van der Waals surface area (Å²) in [4.78, 5) is 12.2. The lowest BCUT2D eigenvalue weighted by molar-refractivity contribution is -0.645. The van der Waals surface area contributed by atoms with Gasteiger partial charge in [0.2, 0.25) is 11.0 Å². The van der Waals surface area contributed by atoms with Crippen molar-refractivity contribution in [2.24, 2.45) is 0 Å². The van der Waals surface area contributed by atoms with E-state index in [1.54, 1.807) is 19.2 Å². The van der Waals surface area contributed by atoms with Crippen molar-refractivity contribution >= 4 is 50.0 Å². The minimum Gasteiger partial charge on any atom is -0.497 e. The minimum absolute atomic E-state index is 0.232. The van der Waals surface area contributed by atoms with Gasteiger partial charge in [0.05, 0.1) is 29.2 Å². The fourth-order valence-electron chi connectivity index (χ4n) is 4.22. The third kappa shape index (κ3) is 5.67. The molecule has 7 nitrogen and oxygen atoms in total. The van der Waals surface area contributed by atoms with E-state index in [0.717, 1.165) is 27.9 Å². The molecule has 3 aromatic carbocycles. The Morgan fingerprint density at radius 2 is 1.57 bits per heavy atom. The molecular weight excluding hydrogens is 466 g/mol. The summed E-state index contributed by atoms with van der Waals surface area (Å²) in [6, 6.07) is 20.6. The van der Waals surface area contributed by atoms with Gasteiger partial charge in [-0.3, -0.25) is 4.55 Å². The van der Waals surface area contributed by atoms with Crippen LogP contribution in [0.15, 0.2) is 66.7 Å². The summed E-state index contributed by atoms with van der Waals surface area (Å²) in [7, 11) is -2.41. The average Bonchev–Trinajstić information content (AvgIpc) is 2.84. The van der Waals surface area contributed by atoms with Crippen LogP contribution >= 0.6 is 0 Å². The molecule has 8 heteroatoms. The summed E-state index contributed by atoms with van der Waals surface area (Å²) in [6.07, 6.45) is 4.72. The number of fused-ring (bicyclic) bond motifs is 2. The summed E-state index contributed by atoms with van der Waals surface area (Å²) >= 11 is 0. The molecule has 4 rings (SSSR count). The zero-order chi connectivity index (χ0) is 25.0. The van der Waals surface area contributed by atoms with Crippen LogP contribution in [0.4, 0.5) is 0 Å². The molecule has 4 aromatic rings. The molecule has 180 valence electrons. The molecule has 0 fully saturated rings. The Labute approximate surface area is 203 Å². The van der Waals surface area contributed by atoms with E-state index in [2.05, 4.69) is 0 Å². The van der Waals surface area contributed by atoms with Gasteiger partial charge in [-0.1, -0.05) is 42.5 Å². The van der Waals surface area contributed by atoms with Crippen LogP contribution in [0.1, 0.15) is 34.3 Å². The van der Waals surface area contributed by atoms with Gasteiger partial charge in [0.25, 0.3) is 10.1 Å². The van der Waals surface area contributed by atoms with Crippen molar-refractivity contribution in [2.45, 2.75) is 19.4 Å². The number of hydrogen-bond acceptors (Lipinski definition) is 4. The maximum absolute atomic E-state index is 12.2. The van der Waals surface area contributed by atoms with Crippen LogP contribution in [0.5, 0.6) is 5.75 Å². The largest absolute Gasteiger partial charge is 0.497 e. The number of aromatic carboxylic acids is 1.